The van der Waals surface area contributed by atoms with Gasteiger partial charge in [0.25, 0.3) is 0 Å². The van der Waals surface area contributed by atoms with Crippen molar-refractivity contribution in [3.63, 3.8) is 0 Å². The summed E-state index contributed by atoms with van der Waals surface area (Å²) in [6.45, 7) is -0.0715. The van der Waals surface area contributed by atoms with E-state index in [0.29, 0.717) is 0 Å². The first-order valence-corrected chi connectivity index (χ1v) is 9.16. The predicted molar refractivity (Wildman–Crippen MR) is 100 cm³/mol. The Bertz CT molecular complexity index is 707. The zero-order valence-corrected chi connectivity index (χ0v) is 14.9. The largest absolute Gasteiger partial charge is 0.359 e. The van der Waals surface area contributed by atoms with E-state index in [1.165, 1.54) is 0 Å². The number of amides is 1. The van der Waals surface area contributed by atoms with Crippen LogP contribution in [0.4, 0.5) is 0 Å². The molecule has 4 heteroatoms. The van der Waals surface area contributed by atoms with Crippen molar-refractivity contribution in [3.8, 4) is 6.07 Å². The van der Waals surface area contributed by atoms with E-state index < -0.39 is 5.54 Å². The summed E-state index contributed by atoms with van der Waals surface area (Å²) in [7, 11) is 0. The van der Waals surface area contributed by atoms with Gasteiger partial charge >= 0.3 is 0 Å². The van der Waals surface area contributed by atoms with Crippen LogP contribution in [0.25, 0.3) is 0 Å². The molecule has 0 radical (unpaired) electrons. The summed E-state index contributed by atoms with van der Waals surface area (Å²) < 4.78 is 5.99. The highest BCUT2D eigenvalue weighted by atomic mass is 16.5. The minimum Gasteiger partial charge on any atom is -0.359 e. The smallest absolute Gasteiger partial charge is 0.247 e. The van der Waals surface area contributed by atoms with Crippen LogP contribution in [0.1, 0.15) is 49.3 Å². The normalized spacial score (nSPS) is 16.0. The molecular formula is C22H24N2O2. The van der Waals surface area contributed by atoms with Crippen molar-refractivity contribution in [1.29, 1.82) is 5.26 Å². The zero-order valence-electron chi connectivity index (χ0n) is 14.9. The van der Waals surface area contributed by atoms with Gasteiger partial charge in [-0.15, -0.1) is 0 Å². The molecule has 0 aromatic heterocycles. The molecule has 0 unspecified atom stereocenters. The number of carbonyl (C=O) groups excluding carboxylic acids is 1. The van der Waals surface area contributed by atoms with E-state index in [9.17, 15) is 10.1 Å². The summed E-state index contributed by atoms with van der Waals surface area (Å²) in [4.78, 5) is 12.5. The predicted octanol–water partition coefficient (Wildman–Crippen LogP) is 4.14. The van der Waals surface area contributed by atoms with Gasteiger partial charge in [0.15, 0.2) is 0 Å². The fraction of sp³-hybridized carbons (Fsp3) is 0.364. The van der Waals surface area contributed by atoms with Gasteiger partial charge in [0.2, 0.25) is 5.91 Å². The second-order valence-electron chi connectivity index (χ2n) is 6.82. The molecule has 1 aliphatic carbocycles. The van der Waals surface area contributed by atoms with E-state index in [4.69, 9.17) is 4.74 Å². The summed E-state index contributed by atoms with van der Waals surface area (Å²) in [5, 5.41) is 12.4. The number of nitriles is 1. The summed E-state index contributed by atoms with van der Waals surface area (Å²) in [6, 6.07) is 22.0. The van der Waals surface area contributed by atoms with Crippen LogP contribution in [-0.4, -0.2) is 18.1 Å². The quantitative estimate of drug-likeness (QED) is 0.853. The molecule has 1 N–H and O–H groups in total. The topological polar surface area (TPSA) is 62.1 Å². The van der Waals surface area contributed by atoms with Crippen LogP contribution in [0.2, 0.25) is 0 Å². The summed E-state index contributed by atoms with van der Waals surface area (Å²) in [5.41, 5.74) is 1.27. The molecule has 134 valence electrons. The van der Waals surface area contributed by atoms with Gasteiger partial charge in [-0.2, -0.15) is 5.26 Å². The van der Waals surface area contributed by atoms with E-state index in [0.717, 1.165) is 43.2 Å². The van der Waals surface area contributed by atoms with Gasteiger partial charge in [-0.3, -0.25) is 4.79 Å². The molecule has 4 nitrogen and oxygen atoms in total. The van der Waals surface area contributed by atoms with E-state index in [2.05, 4.69) is 11.4 Å². The average Bonchev–Trinajstić information content (AvgIpc) is 2.70. The Kier molecular flexibility index (Phi) is 6.04. The highest BCUT2D eigenvalue weighted by Crippen LogP contribution is 2.28. The van der Waals surface area contributed by atoms with Crippen LogP contribution >= 0.6 is 0 Å². The van der Waals surface area contributed by atoms with E-state index in [1.807, 2.05) is 60.7 Å². The molecule has 1 amide bonds. The maximum atomic E-state index is 12.5. The Labute approximate surface area is 154 Å². The molecular weight excluding hydrogens is 324 g/mol. The monoisotopic (exact) mass is 348 g/mol. The highest BCUT2D eigenvalue weighted by molar-refractivity contribution is 5.78. The first kappa shape index (κ1) is 18.2. The zero-order chi connectivity index (χ0) is 18.2. The van der Waals surface area contributed by atoms with Crippen LogP contribution in [0.15, 0.2) is 60.7 Å². The van der Waals surface area contributed by atoms with Gasteiger partial charge in [0.1, 0.15) is 18.2 Å². The molecule has 2 aromatic rings. The fourth-order valence-corrected chi connectivity index (χ4v) is 3.52. The first-order chi connectivity index (χ1) is 12.7. The van der Waals surface area contributed by atoms with Gasteiger partial charge < -0.3 is 10.1 Å². The van der Waals surface area contributed by atoms with Crippen LogP contribution in [0.5, 0.6) is 0 Å². The van der Waals surface area contributed by atoms with Crippen molar-refractivity contribution < 1.29 is 9.53 Å². The van der Waals surface area contributed by atoms with Crippen LogP contribution in [-0.2, 0) is 9.53 Å². The minimum atomic E-state index is -0.728. The molecule has 0 heterocycles. The lowest BCUT2D eigenvalue weighted by Crippen LogP contribution is -2.49. The number of hydrogen-bond donors (Lipinski definition) is 1. The van der Waals surface area contributed by atoms with Crippen molar-refractivity contribution >= 4 is 5.91 Å². The first-order valence-electron chi connectivity index (χ1n) is 9.16. The molecule has 0 atom stereocenters. The number of hydrogen-bond acceptors (Lipinski definition) is 3. The second kappa shape index (κ2) is 8.64. The number of ether oxygens (including phenoxy) is 1. The Morgan fingerprint density at radius 3 is 2.04 bits per heavy atom. The van der Waals surface area contributed by atoms with Gasteiger partial charge in [-0.1, -0.05) is 79.9 Å². The third-order valence-corrected chi connectivity index (χ3v) is 4.89. The third kappa shape index (κ3) is 4.50. The Morgan fingerprint density at radius 2 is 1.54 bits per heavy atom. The minimum absolute atomic E-state index is 0.0715. The van der Waals surface area contributed by atoms with Crippen LogP contribution < -0.4 is 5.32 Å². The van der Waals surface area contributed by atoms with Gasteiger partial charge in [-0.05, 0) is 24.0 Å². The van der Waals surface area contributed by atoms with Gasteiger partial charge in [-0.25, -0.2) is 0 Å². The lowest BCUT2D eigenvalue weighted by Gasteiger charge is -2.31. The molecule has 0 bridgehead atoms. The highest BCUT2D eigenvalue weighted by Gasteiger charge is 2.33. The average molecular weight is 348 g/mol. The van der Waals surface area contributed by atoms with Crippen molar-refractivity contribution in [2.24, 2.45) is 0 Å². The number of rotatable bonds is 6. The Hall–Kier alpha value is -2.64. The fourth-order valence-electron chi connectivity index (χ4n) is 3.52. The van der Waals surface area contributed by atoms with E-state index in [-0.39, 0.29) is 18.6 Å². The molecule has 3 rings (SSSR count). The maximum absolute atomic E-state index is 12.5. The van der Waals surface area contributed by atoms with Crippen LogP contribution in [0.3, 0.4) is 0 Å². The molecule has 26 heavy (non-hydrogen) atoms. The summed E-state index contributed by atoms with van der Waals surface area (Å²) >= 11 is 0. The SMILES string of the molecule is N#CC1(NC(=O)COC(c2ccccc2)c2ccccc2)CCCCC1. The second-order valence-corrected chi connectivity index (χ2v) is 6.82. The number of benzene rings is 2. The number of nitrogens with zero attached hydrogens (tertiary/aromatic N) is 1. The van der Waals surface area contributed by atoms with Crippen molar-refractivity contribution in [2.45, 2.75) is 43.7 Å². The van der Waals surface area contributed by atoms with E-state index in [1.54, 1.807) is 0 Å². The maximum Gasteiger partial charge on any atom is 0.247 e. The van der Waals surface area contributed by atoms with Crippen molar-refractivity contribution in [3.05, 3.63) is 71.8 Å². The summed E-state index contributed by atoms with van der Waals surface area (Å²) in [5.74, 6) is -0.231. The third-order valence-electron chi connectivity index (χ3n) is 4.89. The molecule has 2 aromatic carbocycles. The van der Waals surface area contributed by atoms with Crippen molar-refractivity contribution in [2.75, 3.05) is 6.61 Å². The molecule has 1 fully saturated rings. The lowest BCUT2D eigenvalue weighted by atomic mass is 9.83. The Morgan fingerprint density at radius 1 is 1.00 bits per heavy atom. The molecule has 1 saturated carbocycles. The van der Waals surface area contributed by atoms with Crippen LogP contribution in [0, 0.1) is 11.3 Å². The molecule has 1 aliphatic rings. The molecule has 0 spiro atoms. The molecule has 0 saturated heterocycles. The standard InChI is InChI=1S/C22H24N2O2/c23-17-22(14-8-3-9-15-22)24-20(25)16-26-21(18-10-4-1-5-11-18)19-12-6-2-7-13-19/h1-2,4-7,10-13,21H,3,8-9,14-16H2,(H,24,25). The van der Waals surface area contributed by atoms with Gasteiger partial charge in [0, 0.05) is 0 Å². The Balaban J connectivity index is 1.68. The van der Waals surface area contributed by atoms with Gasteiger partial charge in [0.05, 0.1) is 6.07 Å². The number of nitrogens with one attached hydrogen (secondary N) is 1. The molecule has 0 aliphatic heterocycles. The van der Waals surface area contributed by atoms with Crippen molar-refractivity contribution in [1.82, 2.24) is 5.32 Å². The van der Waals surface area contributed by atoms with E-state index >= 15 is 0 Å². The summed E-state index contributed by atoms with van der Waals surface area (Å²) in [6.07, 6.45) is 4.20. The lowest BCUT2D eigenvalue weighted by molar-refractivity contribution is -0.128. The number of carbonyl (C=O) groups is 1.